The summed E-state index contributed by atoms with van der Waals surface area (Å²) in [4.78, 5) is 28.9. The maximum atomic E-state index is 11.8. The van der Waals surface area contributed by atoms with Crippen LogP contribution in [0.2, 0.25) is 10.0 Å². The van der Waals surface area contributed by atoms with Gasteiger partial charge in [0.2, 0.25) is 0 Å². The minimum absolute atomic E-state index is 0.00482. The lowest BCUT2D eigenvalue weighted by atomic mass is 10.3. The quantitative estimate of drug-likeness (QED) is 0.888. The lowest BCUT2D eigenvalue weighted by molar-refractivity contribution is 0.102. The number of carbonyl (C=O) groups excluding carboxylic acids is 1. The van der Waals surface area contributed by atoms with Crippen LogP contribution in [0, 0.1) is 0 Å². The fourth-order valence-corrected chi connectivity index (χ4v) is 1.63. The van der Waals surface area contributed by atoms with E-state index in [0.717, 1.165) is 12.4 Å². The number of halogens is 2. The first-order valence-electron chi connectivity index (χ1n) is 4.88. The summed E-state index contributed by atoms with van der Waals surface area (Å²) in [6.45, 7) is 0. The van der Waals surface area contributed by atoms with Crippen LogP contribution in [-0.2, 0) is 0 Å². The Morgan fingerprint density at radius 1 is 1.33 bits per heavy atom. The van der Waals surface area contributed by atoms with Crippen LogP contribution in [0.3, 0.4) is 0 Å². The normalized spacial score (nSPS) is 10.1. The average Bonchev–Trinajstić information content (AvgIpc) is 2.35. The summed E-state index contributed by atoms with van der Waals surface area (Å²) in [6.07, 6.45) is 1.15. The molecule has 0 saturated carbocycles. The van der Waals surface area contributed by atoms with E-state index in [2.05, 4.69) is 15.3 Å². The summed E-state index contributed by atoms with van der Waals surface area (Å²) < 4.78 is 0. The molecule has 0 spiro atoms. The molecule has 1 heterocycles. The van der Waals surface area contributed by atoms with Crippen molar-refractivity contribution in [2.75, 3.05) is 5.32 Å². The number of anilines is 1. The van der Waals surface area contributed by atoms with Crippen molar-refractivity contribution in [1.29, 1.82) is 0 Å². The Morgan fingerprint density at radius 3 is 2.83 bits per heavy atom. The standard InChI is InChI=1S/C11H7Cl2N3O2/c12-6-2-1-3-7(10(6)13)16-11(18)8-4-9(17)15-5-14-8/h1-5H,(H,16,18)(H,14,15,17). The SMILES string of the molecule is O=C(Nc1cccc(Cl)c1Cl)c1cc(=O)[nH]cn1. The van der Waals surface area contributed by atoms with E-state index in [1.165, 1.54) is 0 Å². The van der Waals surface area contributed by atoms with Gasteiger partial charge in [0.15, 0.2) is 0 Å². The second-order valence-electron chi connectivity index (χ2n) is 3.35. The van der Waals surface area contributed by atoms with Crippen molar-refractivity contribution in [2.45, 2.75) is 0 Å². The number of nitrogens with one attached hydrogen (secondary N) is 2. The highest BCUT2D eigenvalue weighted by Gasteiger charge is 2.11. The minimum atomic E-state index is -0.537. The van der Waals surface area contributed by atoms with Crippen LogP contribution >= 0.6 is 23.2 Å². The Hall–Kier alpha value is -1.85. The molecule has 2 N–H and O–H groups in total. The summed E-state index contributed by atoms with van der Waals surface area (Å²) in [5, 5.41) is 3.08. The fraction of sp³-hybridized carbons (Fsp3) is 0. The van der Waals surface area contributed by atoms with Gasteiger partial charge in [0.1, 0.15) is 5.69 Å². The zero-order valence-electron chi connectivity index (χ0n) is 8.91. The van der Waals surface area contributed by atoms with Gasteiger partial charge in [-0.3, -0.25) is 9.59 Å². The van der Waals surface area contributed by atoms with E-state index in [1.54, 1.807) is 18.2 Å². The van der Waals surface area contributed by atoms with Crippen molar-refractivity contribution in [1.82, 2.24) is 9.97 Å². The monoisotopic (exact) mass is 283 g/mol. The molecule has 1 aromatic heterocycles. The maximum absolute atomic E-state index is 11.8. The number of benzene rings is 1. The van der Waals surface area contributed by atoms with E-state index in [4.69, 9.17) is 23.2 Å². The third kappa shape index (κ3) is 2.69. The van der Waals surface area contributed by atoms with Gasteiger partial charge in [-0.1, -0.05) is 29.3 Å². The molecular weight excluding hydrogens is 277 g/mol. The minimum Gasteiger partial charge on any atom is -0.319 e. The second-order valence-corrected chi connectivity index (χ2v) is 4.14. The summed E-state index contributed by atoms with van der Waals surface area (Å²) in [5.74, 6) is -0.537. The first kappa shape index (κ1) is 12.6. The molecule has 0 aliphatic heterocycles. The number of aromatic amines is 1. The van der Waals surface area contributed by atoms with E-state index in [1.807, 2.05) is 0 Å². The lowest BCUT2D eigenvalue weighted by Crippen LogP contribution is -2.17. The van der Waals surface area contributed by atoms with Gasteiger partial charge in [-0.25, -0.2) is 4.98 Å². The third-order valence-corrected chi connectivity index (χ3v) is 2.93. The fourth-order valence-electron chi connectivity index (χ4n) is 1.28. The van der Waals surface area contributed by atoms with Crippen LogP contribution in [-0.4, -0.2) is 15.9 Å². The first-order valence-corrected chi connectivity index (χ1v) is 5.63. The van der Waals surface area contributed by atoms with Crippen LogP contribution in [0.1, 0.15) is 10.5 Å². The molecule has 7 heteroatoms. The Morgan fingerprint density at radius 2 is 2.11 bits per heavy atom. The summed E-state index contributed by atoms with van der Waals surface area (Å²) in [6, 6.07) is 5.94. The number of hydrogen-bond donors (Lipinski definition) is 2. The predicted octanol–water partition coefficient (Wildman–Crippen LogP) is 2.33. The van der Waals surface area contributed by atoms with Gasteiger partial charge < -0.3 is 10.3 Å². The summed E-state index contributed by atoms with van der Waals surface area (Å²) in [7, 11) is 0. The Kier molecular flexibility index (Phi) is 3.64. The van der Waals surface area contributed by atoms with E-state index >= 15 is 0 Å². The van der Waals surface area contributed by atoms with Gasteiger partial charge >= 0.3 is 0 Å². The van der Waals surface area contributed by atoms with Crippen LogP contribution in [0.4, 0.5) is 5.69 Å². The molecule has 0 atom stereocenters. The Balaban J connectivity index is 2.27. The molecule has 0 fully saturated rings. The molecular formula is C11H7Cl2N3O2. The molecule has 0 unspecified atom stereocenters. The number of amides is 1. The van der Waals surface area contributed by atoms with Crippen LogP contribution in [0.25, 0.3) is 0 Å². The van der Waals surface area contributed by atoms with Gasteiger partial charge in [-0.15, -0.1) is 0 Å². The summed E-state index contributed by atoms with van der Waals surface area (Å²) >= 11 is 11.7. The largest absolute Gasteiger partial charge is 0.319 e. The number of H-pyrrole nitrogens is 1. The second kappa shape index (κ2) is 5.20. The van der Waals surface area contributed by atoms with Crippen molar-refractivity contribution in [3.63, 3.8) is 0 Å². The van der Waals surface area contributed by atoms with Gasteiger partial charge in [-0.05, 0) is 12.1 Å². The van der Waals surface area contributed by atoms with Crippen LogP contribution in [0.5, 0.6) is 0 Å². The predicted molar refractivity (Wildman–Crippen MR) is 69.3 cm³/mol. The number of hydrogen-bond acceptors (Lipinski definition) is 3. The van der Waals surface area contributed by atoms with E-state index in [-0.39, 0.29) is 10.7 Å². The highest BCUT2D eigenvalue weighted by atomic mass is 35.5. The highest BCUT2D eigenvalue weighted by molar-refractivity contribution is 6.44. The molecule has 18 heavy (non-hydrogen) atoms. The zero-order valence-corrected chi connectivity index (χ0v) is 10.4. The highest BCUT2D eigenvalue weighted by Crippen LogP contribution is 2.29. The Bertz CT molecular complexity index is 655. The molecule has 92 valence electrons. The molecule has 2 rings (SSSR count). The van der Waals surface area contributed by atoms with Crippen molar-refractivity contribution in [2.24, 2.45) is 0 Å². The lowest BCUT2D eigenvalue weighted by Gasteiger charge is -2.07. The van der Waals surface area contributed by atoms with Crippen LogP contribution < -0.4 is 10.9 Å². The van der Waals surface area contributed by atoms with Crippen molar-refractivity contribution in [3.05, 3.63) is 56.7 Å². The first-order chi connectivity index (χ1) is 8.58. The van der Waals surface area contributed by atoms with Crippen LogP contribution in [0.15, 0.2) is 35.4 Å². The average molecular weight is 284 g/mol. The molecule has 0 bridgehead atoms. The van der Waals surface area contributed by atoms with E-state index < -0.39 is 11.5 Å². The van der Waals surface area contributed by atoms with Gasteiger partial charge in [0.05, 0.1) is 22.1 Å². The zero-order chi connectivity index (χ0) is 13.1. The van der Waals surface area contributed by atoms with Gasteiger partial charge in [-0.2, -0.15) is 0 Å². The number of aromatic nitrogens is 2. The molecule has 1 amide bonds. The van der Waals surface area contributed by atoms with Crippen molar-refractivity contribution < 1.29 is 4.79 Å². The third-order valence-electron chi connectivity index (χ3n) is 2.11. The summed E-state index contributed by atoms with van der Waals surface area (Å²) in [5.41, 5.74) is -0.0571. The topological polar surface area (TPSA) is 74.8 Å². The number of rotatable bonds is 2. The number of nitrogens with zero attached hydrogens (tertiary/aromatic N) is 1. The van der Waals surface area contributed by atoms with Crippen molar-refractivity contribution in [3.8, 4) is 0 Å². The smallest absolute Gasteiger partial charge is 0.274 e. The van der Waals surface area contributed by atoms with E-state index in [9.17, 15) is 9.59 Å². The van der Waals surface area contributed by atoms with Gasteiger partial charge in [0.25, 0.3) is 11.5 Å². The number of carbonyl (C=O) groups is 1. The maximum Gasteiger partial charge on any atom is 0.274 e. The molecule has 0 aliphatic carbocycles. The molecule has 0 radical (unpaired) electrons. The van der Waals surface area contributed by atoms with E-state index in [0.29, 0.717) is 10.7 Å². The van der Waals surface area contributed by atoms with Gasteiger partial charge in [0, 0.05) is 6.07 Å². The Labute approximate surface area is 112 Å². The van der Waals surface area contributed by atoms with Crippen molar-refractivity contribution >= 4 is 34.8 Å². The molecule has 0 aliphatic rings. The molecule has 1 aromatic carbocycles. The molecule has 2 aromatic rings. The molecule has 5 nitrogen and oxygen atoms in total. The molecule has 0 saturated heterocycles.